The molecule has 1 amide bonds. The van der Waals surface area contributed by atoms with E-state index in [4.69, 9.17) is 9.47 Å². The largest absolute Gasteiger partial charge is 0.497 e. The number of amides is 1. The van der Waals surface area contributed by atoms with E-state index in [-0.39, 0.29) is 5.91 Å². The van der Waals surface area contributed by atoms with E-state index in [0.717, 1.165) is 30.2 Å². The van der Waals surface area contributed by atoms with Crippen LogP contribution in [0.1, 0.15) is 10.5 Å². The highest BCUT2D eigenvalue weighted by Gasteiger charge is 2.16. The van der Waals surface area contributed by atoms with Crippen LogP contribution in [-0.4, -0.2) is 59.5 Å². The van der Waals surface area contributed by atoms with Gasteiger partial charge in [-0.15, -0.1) is 0 Å². The number of morpholine rings is 1. The van der Waals surface area contributed by atoms with Crippen LogP contribution in [0, 0.1) is 0 Å². The van der Waals surface area contributed by atoms with Crippen molar-refractivity contribution in [1.82, 2.24) is 20.2 Å². The lowest BCUT2D eigenvalue weighted by atomic mass is 10.1. The summed E-state index contributed by atoms with van der Waals surface area (Å²) < 4.78 is 10.6. The number of carbonyl (C=O) groups is 1. The molecule has 9 nitrogen and oxygen atoms in total. The van der Waals surface area contributed by atoms with Crippen molar-refractivity contribution < 1.29 is 14.3 Å². The molecular formula is C19H20N6O3. The summed E-state index contributed by atoms with van der Waals surface area (Å²) in [5.74, 6) is 1.59. The van der Waals surface area contributed by atoms with E-state index in [1.165, 1.54) is 6.33 Å². The van der Waals surface area contributed by atoms with E-state index in [0.29, 0.717) is 30.4 Å². The minimum atomic E-state index is -0.326. The summed E-state index contributed by atoms with van der Waals surface area (Å²) in [6.45, 7) is 2.84. The molecule has 0 saturated carbocycles. The molecule has 144 valence electrons. The molecule has 4 rings (SSSR count). The molecule has 0 bridgehead atoms. The third kappa shape index (κ3) is 3.94. The van der Waals surface area contributed by atoms with Crippen LogP contribution in [0.4, 0.5) is 11.6 Å². The number of carbonyl (C=O) groups excluding carboxylic acids is 1. The number of methoxy groups -OCH3 is 1. The summed E-state index contributed by atoms with van der Waals surface area (Å²) in [5.41, 5.74) is 1.84. The Hall–Kier alpha value is -3.46. The fourth-order valence-corrected chi connectivity index (χ4v) is 2.93. The van der Waals surface area contributed by atoms with Crippen LogP contribution < -0.4 is 15.0 Å². The van der Waals surface area contributed by atoms with E-state index in [1.807, 2.05) is 24.3 Å². The number of benzene rings is 1. The molecule has 1 fully saturated rings. The van der Waals surface area contributed by atoms with Gasteiger partial charge in [0.25, 0.3) is 5.91 Å². The Labute approximate surface area is 161 Å². The van der Waals surface area contributed by atoms with Gasteiger partial charge >= 0.3 is 0 Å². The second kappa shape index (κ2) is 8.05. The molecule has 9 heteroatoms. The summed E-state index contributed by atoms with van der Waals surface area (Å²) in [7, 11) is 1.61. The number of aromatic amines is 1. The first-order valence-corrected chi connectivity index (χ1v) is 8.89. The van der Waals surface area contributed by atoms with Gasteiger partial charge in [0.15, 0.2) is 0 Å². The fraction of sp³-hybridized carbons (Fsp3) is 0.263. The van der Waals surface area contributed by atoms with Gasteiger partial charge in [0.1, 0.15) is 29.4 Å². The van der Waals surface area contributed by atoms with E-state index in [9.17, 15) is 4.79 Å². The standard InChI is InChI=1S/C19H20N6O3/c1-27-14-4-2-3-13(9-14)15-10-16(24-23-15)19(26)22-17-11-18(21-12-20-17)25-5-7-28-8-6-25/h2-4,9-12H,5-8H2,1H3,(H,23,24)(H,20,21,22,26). The molecular weight excluding hydrogens is 360 g/mol. The minimum Gasteiger partial charge on any atom is -0.497 e. The van der Waals surface area contributed by atoms with Gasteiger partial charge in [0, 0.05) is 24.7 Å². The maximum absolute atomic E-state index is 12.6. The second-order valence-corrected chi connectivity index (χ2v) is 6.21. The van der Waals surface area contributed by atoms with Gasteiger partial charge in [-0.25, -0.2) is 9.97 Å². The number of anilines is 2. The summed E-state index contributed by atoms with van der Waals surface area (Å²) in [6.07, 6.45) is 1.44. The normalized spacial score (nSPS) is 14.0. The van der Waals surface area contributed by atoms with Gasteiger partial charge < -0.3 is 19.7 Å². The van der Waals surface area contributed by atoms with Crippen molar-refractivity contribution in [2.24, 2.45) is 0 Å². The minimum absolute atomic E-state index is 0.326. The van der Waals surface area contributed by atoms with Crippen LogP contribution in [0.25, 0.3) is 11.3 Å². The van der Waals surface area contributed by atoms with Gasteiger partial charge in [-0.1, -0.05) is 12.1 Å². The van der Waals surface area contributed by atoms with Gasteiger partial charge in [0.2, 0.25) is 0 Å². The molecule has 0 aliphatic carbocycles. The molecule has 2 aromatic heterocycles. The number of nitrogens with zero attached hydrogens (tertiary/aromatic N) is 4. The van der Waals surface area contributed by atoms with Crippen molar-refractivity contribution in [3.8, 4) is 17.0 Å². The third-order valence-corrected chi connectivity index (χ3v) is 4.42. The van der Waals surface area contributed by atoms with Gasteiger partial charge in [-0.2, -0.15) is 5.10 Å². The molecule has 1 aromatic carbocycles. The Bertz CT molecular complexity index is 968. The summed E-state index contributed by atoms with van der Waals surface area (Å²) in [5, 5.41) is 9.77. The van der Waals surface area contributed by atoms with Gasteiger partial charge in [-0.05, 0) is 18.2 Å². The fourth-order valence-electron chi connectivity index (χ4n) is 2.93. The molecule has 3 aromatic rings. The molecule has 0 unspecified atom stereocenters. The van der Waals surface area contributed by atoms with Crippen molar-refractivity contribution in [3.05, 3.63) is 48.4 Å². The van der Waals surface area contributed by atoms with E-state index >= 15 is 0 Å². The molecule has 0 spiro atoms. The Kier molecular flexibility index (Phi) is 5.16. The summed E-state index contributed by atoms with van der Waals surface area (Å²) in [4.78, 5) is 23.1. The Morgan fingerprint density at radius 1 is 1.21 bits per heavy atom. The van der Waals surface area contributed by atoms with Gasteiger partial charge in [-0.3, -0.25) is 9.89 Å². The van der Waals surface area contributed by atoms with Crippen LogP contribution in [0.2, 0.25) is 0 Å². The highest BCUT2D eigenvalue weighted by Crippen LogP contribution is 2.23. The highest BCUT2D eigenvalue weighted by molar-refractivity contribution is 6.03. The maximum Gasteiger partial charge on any atom is 0.274 e. The van der Waals surface area contributed by atoms with E-state index in [2.05, 4.69) is 30.4 Å². The second-order valence-electron chi connectivity index (χ2n) is 6.21. The zero-order valence-electron chi connectivity index (χ0n) is 15.4. The number of hydrogen-bond donors (Lipinski definition) is 2. The summed E-state index contributed by atoms with van der Waals surface area (Å²) in [6, 6.07) is 10.9. The molecule has 1 saturated heterocycles. The lowest BCUT2D eigenvalue weighted by molar-refractivity contribution is 0.102. The molecule has 0 radical (unpaired) electrons. The number of aromatic nitrogens is 4. The zero-order valence-corrected chi connectivity index (χ0v) is 15.4. The van der Waals surface area contributed by atoms with Crippen LogP contribution >= 0.6 is 0 Å². The molecule has 3 heterocycles. The Morgan fingerprint density at radius 3 is 2.89 bits per heavy atom. The first-order chi connectivity index (χ1) is 13.7. The molecule has 2 N–H and O–H groups in total. The molecule has 1 aliphatic rings. The van der Waals surface area contributed by atoms with Crippen molar-refractivity contribution in [2.45, 2.75) is 0 Å². The number of rotatable bonds is 5. The van der Waals surface area contributed by atoms with Gasteiger partial charge in [0.05, 0.1) is 26.0 Å². The van der Waals surface area contributed by atoms with Crippen LogP contribution in [0.3, 0.4) is 0 Å². The predicted octanol–water partition coefficient (Wildman–Crippen LogP) is 1.96. The summed E-state index contributed by atoms with van der Waals surface area (Å²) >= 11 is 0. The van der Waals surface area contributed by atoms with E-state index < -0.39 is 0 Å². The third-order valence-electron chi connectivity index (χ3n) is 4.42. The van der Waals surface area contributed by atoms with Crippen LogP contribution in [0.15, 0.2) is 42.7 Å². The van der Waals surface area contributed by atoms with Crippen molar-refractivity contribution in [3.63, 3.8) is 0 Å². The topological polar surface area (TPSA) is 105 Å². The lowest BCUT2D eigenvalue weighted by Gasteiger charge is -2.27. The van der Waals surface area contributed by atoms with Crippen LogP contribution in [-0.2, 0) is 4.74 Å². The lowest BCUT2D eigenvalue weighted by Crippen LogP contribution is -2.36. The molecule has 1 aliphatic heterocycles. The monoisotopic (exact) mass is 380 g/mol. The Morgan fingerprint density at radius 2 is 2.07 bits per heavy atom. The van der Waals surface area contributed by atoms with Crippen molar-refractivity contribution in [2.75, 3.05) is 43.6 Å². The zero-order chi connectivity index (χ0) is 19.3. The maximum atomic E-state index is 12.6. The van der Waals surface area contributed by atoms with E-state index in [1.54, 1.807) is 19.2 Å². The average Bonchev–Trinajstić information content (AvgIpc) is 3.25. The Balaban J connectivity index is 1.47. The highest BCUT2D eigenvalue weighted by atomic mass is 16.5. The molecule has 0 atom stereocenters. The number of nitrogens with one attached hydrogen (secondary N) is 2. The molecule has 28 heavy (non-hydrogen) atoms. The SMILES string of the molecule is COc1cccc(-c2cc(C(=O)Nc3cc(N4CCOCC4)ncn3)[nH]n2)c1. The van der Waals surface area contributed by atoms with Crippen LogP contribution in [0.5, 0.6) is 5.75 Å². The first kappa shape index (κ1) is 17.9. The first-order valence-electron chi connectivity index (χ1n) is 8.89. The van der Waals surface area contributed by atoms with Crippen molar-refractivity contribution in [1.29, 1.82) is 0 Å². The quantitative estimate of drug-likeness (QED) is 0.697. The number of ether oxygens (including phenoxy) is 2. The van der Waals surface area contributed by atoms with Crippen molar-refractivity contribution >= 4 is 17.5 Å². The number of H-pyrrole nitrogens is 1. The average molecular weight is 380 g/mol. The smallest absolute Gasteiger partial charge is 0.274 e. The predicted molar refractivity (Wildman–Crippen MR) is 104 cm³/mol. The number of hydrogen-bond acceptors (Lipinski definition) is 7.